The lowest BCUT2D eigenvalue weighted by Crippen LogP contribution is -2.25. The minimum atomic E-state index is -0.792. The fourth-order valence-electron chi connectivity index (χ4n) is 6.51. The molecule has 86 heavy (non-hydrogen) atoms. The van der Waals surface area contributed by atoms with E-state index in [-0.39, 0.29) is 75.6 Å². The third-order valence-corrected chi connectivity index (χ3v) is 10.8. The van der Waals surface area contributed by atoms with Gasteiger partial charge in [0.2, 0.25) is 0 Å². The predicted molar refractivity (Wildman–Crippen MR) is 308 cm³/mol. The van der Waals surface area contributed by atoms with E-state index in [1.54, 1.807) is 14.2 Å². The summed E-state index contributed by atoms with van der Waals surface area (Å²) in [5, 5.41) is 0. The number of ether oxygens (including phenoxy) is 24. The molecule has 0 aliphatic heterocycles. The van der Waals surface area contributed by atoms with Gasteiger partial charge in [0.15, 0.2) is 0 Å². The van der Waals surface area contributed by atoms with Gasteiger partial charge in [-0.15, -0.1) is 0 Å². The van der Waals surface area contributed by atoms with E-state index in [0.717, 1.165) is 12.8 Å². The summed E-state index contributed by atoms with van der Waals surface area (Å²) < 4.78 is 130. The van der Waals surface area contributed by atoms with Crippen LogP contribution >= 0.6 is 0 Å². The largest absolute Gasteiger partial charge is 0.385 e. The van der Waals surface area contributed by atoms with Crippen molar-refractivity contribution >= 4 is 11.8 Å². The number of hydrogen-bond donors (Lipinski definition) is 2. The highest BCUT2D eigenvalue weighted by molar-refractivity contribution is 5.95. The SMILES string of the molecule is COCCCOCOCCOCCOCCOCCOCCOCCOCCOCCOCCOCCc1nc(C(N)=O)c(CCOCCOCCOCCOCCOCCOCCOCCOCCOCCOCOCCCOC)nc1C(N)=O. The predicted octanol–water partition coefficient (Wildman–Crippen LogP) is 0.113. The van der Waals surface area contributed by atoms with Crippen LogP contribution in [0.15, 0.2) is 0 Å². The molecule has 4 N–H and O–H groups in total. The van der Waals surface area contributed by atoms with Crippen LogP contribution in [0, 0.1) is 0 Å². The molecule has 0 saturated heterocycles. The van der Waals surface area contributed by atoms with Gasteiger partial charge in [0, 0.05) is 40.3 Å². The number of carbonyl (C=O) groups excluding carboxylic acids is 2. The van der Waals surface area contributed by atoms with Crippen LogP contribution in [0.2, 0.25) is 0 Å². The maximum Gasteiger partial charge on any atom is 0.269 e. The van der Waals surface area contributed by atoms with E-state index in [0.29, 0.717) is 251 Å². The van der Waals surface area contributed by atoms with Crippen molar-refractivity contribution in [1.29, 1.82) is 0 Å². The Bertz CT molecular complexity index is 1480. The summed E-state index contributed by atoms with van der Waals surface area (Å²) in [7, 11) is 3.32. The number of nitrogens with zero attached hydrogens (tertiary/aromatic N) is 2. The van der Waals surface area contributed by atoms with E-state index in [9.17, 15) is 9.59 Å². The average Bonchev–Trinajstić information content (AvgIpc) is 3.08. The molecule has 0 aliphatic rings. The van der Waals surface area contributed by atoms with Crippen LogP contribution in [0.5, 0.6) is 0 Å². The fourth-order valence-corrected chi connectivity index (χ4v) is 6.51. The van der Waals surface area contributed by atoms with Crippen molar-refractivity contribution in [2.24, 2.45) is 11.5 Å². The molecule has 0 saturated carbocycles. The zero-order valence-electron chi connectivity index (χ0n) is 51.6. The molecule has 2 amide bonds. The third kappa shape index (κ3) is 57.5. The number of carbonyl (C=O) groups is 2. The molecule has 1 rings (SSSR count). The normalized spacial score (nSPS) is 11.7. The van der Waals surface area contributed by atoms with Crippen molar-refractivity contribution in [2.45, 2.75) is 25.7 Å². The fraction of sp³-hybridized carbons (Fsp3) is 0.893. The van der Waals surface area contributed by atoms with Crippen LogP contribution in [0.3, 0.4) is 0 Å². The summed E-state index contributed by atoms with van der Waals surface area (Å²) in [5.41, 5.74) is 11.5. The number of methoxy groups -OCH3 is 2. The molecular weight excluding hydrogens is 1140 g/mol. The Morgan fingerprint density at radius 3 is 0.581 bits per heavy atom. The summed E-state index contributed by atoms with van der Waals surface area (Å²) >= 11 is 0. The molecule has 0 aliphatic carbocycles. The monoisotopic (exact) mass is 1250 g/mol. The molecule has 0 aromatic carbocycles. The van der Waals surface area contributed by atoms with Gasteiger partial charge in [-0.3, -0.25) is 9.59 Å². The zero-order valence-corrected chi connectivity index (χ0v) is 51.6. The summed E-state index contributed by atoms with van der Waals surface area (Å²) in [5.74, 6) is -1.58. The Labute approximate surface area is 509 Å². The first-order chi connectivity index (χ1) is 42.5. The molecule has 1 aromatic rings. The van der Waals surface area contributed by atoms with Crippen molar-refractivity contribution in [3.8, 4) is 0 Å². The number of nitrogens with two attached hydrogens (primary N) is 2. The van der Waals surface area contributed by atoms with Gasteiger partial charge in [0.25, 0.3) is 11.8 Å². The summed E-state index contributed by atoms with van der Waals surface area (Å²) in [6.07, 6.45) is 2.02. The van der Waals surface area contributed by atoms with E-state index >= 15 is 0 Å². The topological polar surface area (TPSA) is 333 Å². The number of hydrogen-bond acceptors (Lipinski definition) is 28. The summed E-state index contributed by atoms with van der Waals surface area (Å²) in [6, 6.07) is 0. The van der Waals surface area contributed by atoms with E-state index in [2.05, 4.69) is 9.97 Å². The Kier molecular flexibility index (Phi) is 64.1. The minimum absolute atomic E-state index is 0.0665. The van der Waals surface area contributed by atoms with E-state index in [1.807, 2.05) is 0 Å². The first-order valence-corrected chi connectivity index (χ1v) is 29.7. The van der Waals surface area contributed by atoms with Crippen molar-refractivity contribution < 1.29 is 123 Å². The molecule has 0 radical (unpaired) electrons. The Hall–Kier alpha value is -2.94. The molecule has 506 valence electrons. The molecule has 1 aromatic heterocycles. The lowest BCUT2D eigenvalue weighted by atomic mass is 10.1. The Morgan fingerprint density at radius 1 is 0.244 bits per heavy atom. The second-order valence-electron chi connectivity index (χ2n) is 17.6. The summed E-state index contributed by atoms with van der Waals surface area (Å²) in [4.78, 5) is 33.2. The maximum atomic E-state index is 12.3. The molecule has 1 heterocycles. The minimum Gasteiger partial charge on any atom is -0.385 e. The van der Waals surface area contributed by atoms with E-state index in [1.165, 1.54) is 0 Å². The quantitative estimate of drug-likeness (QED) is 0.0646. The van der Waals surface area contributed by atoms with E-state index in [4.69, 9.17) is 125 Å². The highest BCUT2D eigenvalue weighted by Gasteiger charge is 2.20. The first-order valence-electron chi connectivity index (χ1n) is 29.7. The number of rotatable bonds is 74. The van der Waals surface area contributed by atoms with Crippen molar-refractivity contribution in [3.05, 3.63) is 22.8 Å². The second kappa shape index (κ2) is 68.0. The van der Waals surface area contributed by atoms with Crippen LogP contribution in [0.1, 0.15) is 45.2 Å². The van der Waals surface area contributed by atoms with Gasteiger partial charge in [0.1, 0.15) is 25.0 Å². The highest BCUT2D eigenvalue weighted by atomic mass is 16.7. The Morgan fingerprint density at radius 2 is 0.407 bits per heavy atom. The maximum absolute atomic E-state index is 12.3. The van der Waals surface area contributed by atoms with Crippen LogP contribution < -0.4 is 11.5 Å². The average molecular weight is 1250 g/mol. The van der Waals surface area contributed by atoms with Crippen molar-refractivity contribution in [3.63, 3.8) is 0 Å². The van der Waals surface area contributed by atoms with Gasteiger partial charge in [-0.05, 0) is 12.8 Å². The molecule has 30 heteroatoms. The smallest absolute Gasteiger partial charge is 0.269 e. The van der Waals surface area contributed by atoms with Gasteiger partial charge < -0.3 is 125 Å². The van der Waals surface area contributed by atoms with Crippen molar-refractivity contribution in [1.82, 2.24) is 9.97 Å². The van der Waals surface area contributed by atoms with Crippen LogP contribution in [0.25, 0.3) is 0 Å². The van der Waals surface area contributed by atoms with Crippen LogP contribution in [0.4, 0.5) is 0 Å². The number of primary amides is 2. The second-order valence-corrected chi connectivity index (χ2v) is 17.6. The van der Waals surface area contributed by atoms with Gasteiger partial charge in [-0.2, -0.15) is 0 Å². The Balaban J connectivity index is 1.89. The van der Waals surface area contributed by atoms with Gasteiger partial charge in [-0.1, -0.05) is 0 Å². The molecule has 0 fully saturated rings. The van der Waals surface area contributed by atoms with Gasteiger partial charge in [0.05, 0.1) is 276 Å². The number of amides is 2. The lowest BCUT2D eigenvalue weighted by Gasteiger charge is -2.12. The van der Waals surface area contributed by atoms with Gasteiger partial charge >= 0.3 is 0 Å². The van der Waals surface area contributed by atoms with Crippen LogP contribution in [-0.4, -0.2) is 327 Å². The first kappa shape index (κ1) is 81.1. The molecule has 0 atom stereocenters. The zero-order chi connectivity index (χ0) is 61.8. The number of aromatic nitrogens is 2. The molecule has 0 unspecified atom stereocenters. The molecule has 30 nitrogen and oxygen atoms in total. The van der Waals surface area contributed by atoms with Crippen LogP contribution in [-0.2, 0) is 127 Å². The molecular formula is C56H106N4O26. The van der Waals surface area contributed by atoms with E-state index < -0.39 is 11.8 Å². The lowest BCUT2D eigenvalue weighted by molar-refractivity contribution is -0.0758. The van der Waals surface area contributed by atoms with Gasteiger partial charge in [-0.25, -0.2) is 9.97 Å². The highest BCUT2D eigenvalue weighted by Crippen LogP contribution is 2.12. The van der Waals surface area contributed by atoms with Crippen molar-refractivity contribution in [2.75, 3.05) is 305 Å². The third-order valence-electron chi connectivity index (χ3n) is 10.8. The molecule has 0 bridgehead atoms. The molecule has 0 spiro atoms. The standard InChI is InChI=1S/C56H106N4O26/c1-63-7-3-9-83-49-85-47-45-81-43-41-79-39-37-77-35-33-75-31-29-73-27-25-71-23-21-69-19-17-67-15-13-65-11-5-51-53(55(57)61)60-52(54(59-51)56(58)62)6-12-66-14-16-68-18-20-70-22-24-72-26-28-74-30-32-76-34-36-78-38-40-80-42-44-82-46-48-86-50-84-10-4-8-64-2/h3-50H2,1-2H3,(H2,57,61)(H2,58,62). The summed E-state index contributed by atoms with van der Waals surface area (Å²) in [6.45, 7) is 19.0.